The summed E-state index contributed by atoms with van der Waals surface area (Å²) in [6, 6.07) is 60.8. The summed E-state index contributed by atoms with van der Waals surface area (Å²) in [4.78, 5) is 57.2. The van der Waals surface area contributed by atoms with Crippen LogP contribution >= 0.6 is 46.4 Å². The molecule has 0 bridgehead atoms. The van der Waals surface area contributed by atoms with E-state index in [1.165, 1.54) is 9.99 Å². The van der Waals surface area contributed by atoms with E-state index in [0.29, 0.717) is 91.2 Å². The van der Waals surface area contributed by atoms with Gasteiger partial charge in [-0.25, -0.2) is 8.42 Å². The number of carbonyl (C=O) groups excluding carboxylic acids is 4. The van der Waals surface area contributed by atoms with Gasteiger partial charge in [-0.3, -0.25) is 23.5 Å². The molecule has 9 aromatic rings. The van der Waals surface area contributed by atoms with Crippen molar-refractivity contribution < 1.29 is 56.0 Å². The second-order valence-electron chi connectivity index (χ2n) is 27.0. The number of anilines is 6. The van der Waals surface area contributed by atoms with Crippen molar-refractivity contribution in [3.8, 4) is 44.5 Å². The van der Waals surface area contributed by atoms with Crippen LogP contribution in [0, 0.1) is 0 Å². The van der Waals surface area contributed by atoms with Gasteiger partial charge in [0, 0.05) is 162 Å². The number of hydrogen-bond donors (Lipinski definition) is 0. The molecule has 4 amide bonds. The number of benzene rings is 9. The molecule has 0 aliphatic carbocycles. The SMILES string of the molecule is CCC(=O)N(C)c1ccc(-c2ccc(Cl)cc2)c(COC)c1.CCC(=O)N(CC)c1ccc(-c2ccc(Cl)cc2)c(COC)c1.CCN(c1ccc(-c2ccc(Cl)cc2)c(COC)c1)S(=O)(=O)CC.COCc1cc(N(C(C)=O)C(C)C)ccc1-c1ccc(Cl)cc1.COCc1cc(N2CCCC2=O)ccc1N1CCOCC1. The minimum absolute atomic E-state index is 0.0302. The van der Waals surface area contributed by atoms with Gasteiger partial charge in [-0.2, -0.15) is 0 Å². The van der Waals surface area contributed by atoms with Crippen molar-refractivity contribution in [2.45, 2.75) is 120 Å². The van der Waals surface area contributed by atoms with E-state index >= 15 is 0 Å². The monoisotopic (exact) mass is 1640 g/mol. The fraction of sp³-hybridized carbons (Fsp3) is 0.356. The number of hydrogen-bond acceptors (Lipinski definition) is 13. The molecule has 2 saturated heterocycles. The van der Waals surface area contributed by atoms with Crippen LogP contribution in [0.2, 0.25) is 20.1 Å². The summed E-state index contributed by atoms with van der Waals surface area (Å²) in [7, 11) is 6.83. The van der Waals surface area contributed by atoms with E-state index in [2.05, 4.69) is 17.0 Å². The van der Waals surface area contributed by atoms with Gasteiger partial charge < -0.3 is 52.9 Å². The van der Waals surface area contributed by atoms with Crippen LogP contribution in [0.5, 0.6) is 0 Å². The molecule has 0 N–H and O–H groups in total. The van der Waals surface area contributed by atoms with E-state index in [0.717, 1.165) is 134 Å². The van der Waals surface area contributed by atoms with Gasteiger partial charge in [0.2, 0.25) is 33.7 Å². The molecule has 0 aromatic heterocycles. The third-order valence-electron chi connectivity index (χ3n) is 19.0. The Kier molecular flexibility index (Phi) is 37.3. The Bertz CT molecular complexity index is 4660. The Morgan fingerprint density at radius 3 is 1.21 bits per heavy atom. The summed E-state index contributed by atoms with van der Waals surface area (Å²) < 4.78 is 58.0. The van der Waals surface area contributed by atoms with Gasteiger partial charge in [0.25, 0.3) is 0 Å². The smallest absolute Gasteiger partial charge is 0.234 e. The largest absolute Gasteiger partial charge is 0.380 e. The fourth-order valence-corrected chi connectivity index (χ4v) is 15.0. The molecule has 9 aromatic carbocycles. The number of methoxy groups -OCH3 is 5. The molecule has 0 saturated carbocycles. The first-order valence-electron chi connectivity index (χ1n) is 38.0. The Balaban J connectivity index is 0.000000196. The molecule has 113 heavy (non-hydrogen) atoms. The van der Waals surface area contributed by atoms with Crippen LogP contribution in [0.3, 0.4) is 0 Å². The number of ether oxygens (including phenoxy) is 6. The molecule has 0 unspecified atom stereocenters. The average molecular weight is 1640 g/mol. The van der Waals surface area contributed by atoms with E-state index in [-0.39, 0.29) is 35.4 Å². The summed E-state index contributed by atoms with van der Waals surface area (Å²) in [5.41, 5.74) is 19.2. The molecule has 2 aliphatic rings. The topological polar surface area (TPSA) is 177 Å². The number of sulfonamides is 1. The highest BCUT2D eigenvalue weighted by atomic mass is 35.5. The van der Waals surface area contributed by atoms with E-state index in [1.807, 2.05) is 222 Å². The minimum atomic E-state index is -3.30. The number of nitrogens with zero attached hydrogens (tertiary/aromatic N) is 6. The van der Waals surface area contributed by atoms with Crippen molar-refractivity contribution in [2.75, 3.05) is 123 Å². The molecule has 2 aliphatic heterocycles. The zero-order valence-corrected chi connectivity index (χ0v) is 71.3. The number of morpholine rings is 1. The molecule has 23 heteroatoms. The number of amides is 4. The van der Waals surface area contributed by atoms with Crippen LogP contribution in [-0.2, 0) is 90.7 Å². The highest BCUT2D eigenvalue weighted by Crippen LogP contribution is 2.36. The second kappa shape index (κ2) is 46.0. The van der Waals surface area contributed by atoms with E-state index in [4.69, 9.17) is 74.8 Å². The van der Waals surface area contributed by atoms with Gasteiger partial charge in [0.05, 0.1) is 57.7 Å². The third-order valence-corrected chi connectivity index (χ3v) is 21.9. The average Bonchev–Trinajstić information content (AvgIpc) is 0.899. The van der Waals surface area contributed by atoms with E-state index < -0.39 is 10.0 Å². The lowest BCUT2D eigenvalue weighted by molar-refractivity contribution is -0.118. The van der Waals surface area contributed by atoms with Crippen LogP contribution in [0.25, 0.3) is 44.5 Å². The zero-order chi connectivity index (χ0) is 82.3. The lowest BCUT2D eigenvalue weighted by Crippen LogP contribution is -2.37. The molecular formula is C90H108Cl4N6O12S. The Labute approximate surface area is 689 Å². The zero-order valence-electron chi connectivity index (χ0n) is 67.5. The Hall–Kier alpha value is -8.67. The first-order chi connectivity index (χ1) is 54.3. The van der Waals surface area contributed by atoms with Crippen molar-refractivity contribution in [1.29, 1.82) is 0 Å². The summed E-state index contributed by atoms with van der Waals surface area (Å²) >= 11 is 23.8. The van der Waals surface area contributed by atoms with Gasteiger partial charge in [0.15, 0.2) is 0 Å². The number of carbonyl (C=O) groups is 4. The highest BCUT2D eigenvalue weighted by molar-refractivity contribution is 7.92. The molecule has 0 radical (unpaired) electrons. The minimum Gasteiger partial charge on any atom is -0.380 e. The maximum Gasteiger partial charge on any atom is 0.234 e. The fourth-order valence-electron chi connectivity index (χ4n) is 13.4. The maximum absolute atomic E-state index is 12.3. The van der Waals surface area contributed by atoms with E-state index in [9.17, 15) is 27.6 Å². The van der Waals surface area contributed by atoms with Crippen molar-refractivity contribution >= 4 is 114 Å². The number of halogens is 4. The van der Waals surface area contributed by atoms with Crippen LogP contribution < -0.4 is 28.8 Å². The van der Waals surface area contributed by atoms with Crippen molar-refractivity contribution in [2.24, 2.45) is 0 Å². The summed E-state index contributed by atoms with van der Waals surface area (Å²) in [5.74, 6) is 0.525. The van der Waals surface area contributed by atoms with Crippen molar-refractivity contribution in [3.05, 3.63) is 236 Å². The van der Waals surface area contributed by atoms with Crippen LogP contribution in [0.4, 0.5) is 34.1 Å². The molecule has 18 nitrogen and oxygen atoms in total. The molecule has 604 valence electrons. The molecule has 0 atom stereocenters. The lowest BCUT2D eigenvalue weighted by Gasteiger charge is -2.31. The van der Waals surface area contributed by atoms with Gasteiger partial charge in [-0.05, 0) is 223 Å². The first-order valence-corrected chi connectivity index (χ1v) is 41.1. The summed E-state index contributed by atoms with van der Waals surface area (Å²) in [6.07, 6.45) is 2.58. The predicted molar refractivity (Wildman–Crippen MR) is 465 cm³/mol. The normalized spacial score (nSPS) is 12.5. The van der Waals surface area contributed by atoms with E-state index in [1.54, 1.807) is 71.1 Å². The van der Waals surface area contributed by atoms with Crippen LogP contribution in [0.15, 0.2) is 188 Å². The standard InChI is InChI=1S/2C19H22ClNO2.C18H22ClNO3S.C18H20ClNO2.C16H22N2O3/c1-13(2)21(14(3)22)18-9-10-19(16(11-18)12-23-4)15-5-7-17(20)8-6-15;1-4-19(22)21(5-2)17-10-11-18(15(12-17)13-23-3)14-6-8-16(20)9-7-14;1-4-20(24(21,22)5-2)17-10-11-18(15(12-17)13-23-3)14-6-8-16(19)9-7-14;1-4-18(21)20(2)16-9-10-17(14(11-16)12-22-3)13-5-7-15(19)8-6-13;1-20-12-13-11-14(18-6-2-3-16(18)19)4-5-15(13)17-7-9-21-10-8-17/h5-11,13H,12H2,1-4H3;6-12H,4-5,13H2,1-3H3;6-12H,4-5,13H2,1-3H3;5-11H,4,12H2,1-3H3;4-5,11H,2-3,6-10,12H2,1H3. The molecule has 2 heterocycles. The van der Waals surface area contributed by atoms with Crippen molar-refractivity contribution in [1.82, 2.24) is 0 Å². The molecule has 0 spiro atoms. The van der Waals surface area contributed by atoms with Crippen LogP contribution in [-0.4, -0.2) is 132 Å². The summed E-state index contributed by atoms with van der Waals surface area (Å²) in [6.45, 7) is 22.4. The highest BCUT2D eigenvalue weighted by Gasteiger charge is 2.26. The van der Waals surface area contributed by atoms with Gasteiger partial charge in [-0.15, -0.1) is 0 Å². The second-order valence-corrected chi connectivity index (χ2v) is 30.9. The Morgan fingerprint density at radius 1 is 0.469 bits per heavy atom. The lowest BCUT2D eigenvalue weighted by atomic mass is 9.99. The van der Waals surface area contributed by atoms with Gasteiger partial charge in [-0.1, -0.05) is 133 Å². The third kappa shape index (κ3) is 25.9. The molecular weight excluding hydrogens is 1530 g/mol. The molecule has 11 rings (SSSR count). The number of rotatable bonds is 27. The molecule has 2 fully saturated rings. The Morgan fingerprint density at radius 2 is 0.850 bits per heavy atom. The van der Waals surface area contributed by atoms with Crippen LogP contribution in [0.1, 0.15) is 109 Å². The van der Waals surface area contributed by atoms with Crippen molar-refractivity contribution in [3.63, 3.8) is 0 Å². The van der Waals surface area contributed by atoms with Gasteiger partial charge in [0.1, 0.15) is 0 Å². The van der Waals surface area contributed by atoms with Gasteiger partial charge >= 0.3 is 0 Å². The first kappa shape index (κ1) is 91.5. The summed E-state index contributed by atoms with van der Waals surface area (Å²) in [5, 5.41) is 2.81. The quantitative estimate of drug-likeness (QED) is 0.0475. The predicted octanol–water partition coefficient (Wildman–Crippen LogP) is 20.5. The maximum atomic E-state index is 12.3.